The number of aryl methyl sites for hydroxylation is 1. The van der Waals surface area contributed by atoms with Gasteiger partial charge >= 0.3 is 6.09 Å². The minimum Gasteiger partial charge on any atom is -0.443 e. The first-order valence-electron chi connectivity index (χ1n) is 6.65. The van der Waals surface area contributed by atoms with Crippen LogP contribution in [0.5, 0.6) is 0 Å². The van der Waals surface area contributed by atoms with Gasteiger partial charge in [-0.25, -0.2) is 9.78 Å². The summed E-state index contributed by atoms with van der Waals surface area (Å²) in [6.45, 7) is 11.4. The van der Waals surface area contributed by atoms with E-state index in [1.165, 1.54) is 4.57 Å². The number of hydrogen-bond acceptors (Lipinski definition) is 3. The van der Waals surface area contributed by atoms with E-state index in [9.17, 15) is 4.79 Å². The lowest BCUT2D eigenvalue weighted by Gasteiger charge is -2.19. The van der Waals surface area contributed by atoms with Crippen molar-refractivity contribution in [1.82, 2.24) is 9.55 Å². The van der Waals surface area contributed by atoms with Gasteiger partial charge in [0.05, 0.1) is 5.52 Å². The predicted molar refractivity (Wildman–Crippen MR) is 82.5 cm³/mol. The molecule has 0 aliphatic carbocycles. The van der Waals surface area contributed by atoms with Gasteiger partial charge in [-0.3, -0.25) is 4.57 Å². The maximum Gasteiger partial charge on any atom is 0.419 e. The minimum absolute atomic E-state index is 0.396. The molecular formula is C15H21ClN2O2. The summed E-state index contributed by atoms with van der Waals surface area (Å²) in [5.74, 6) is 0. The Balaban J connectivity index is 0.000000956. The molecule has 110 valence electrons. The zero-order chi connectivity index (χ0) is 15.5. The van der Waals surface area contributed by atoms with Crippen molar-refractivity contribution in [1.29, 1.82) is 0 Å². The van der Waals surface area contributed by atoms with Crippen molar-refractivity contribution >= 4 is 28.6 Å². The molecule has 2 aromatic rings. The number of halogens is 1. The topological polar surface area (TPSA) is 44.1 Å². The highest BCUT2D eigenvalue weighted by Crippen LogP contribution is 2.27. The van der Waals surface area contributed by atoms with E-state index in [0.717, 1.165) is 10.9 Å². The Morgan fingerprint density at radius 1 is 1.35 bits per heavy atom. The molecule has 0 spiro atoms. The lowest BCUT2D eigenvalue weighted by atomic mass is 10.2. The fraction of sp³-hybridized carbons (Fsp3) is 0.467. The average Bonchev–Trinajstić information content (AvgIpc) is 2.69. The number of ether oxygens (including phenoxy) is 1. The van der Waals surface area contributed by atoms with E-state index in [0.29, 0.717) is 10.7 Å². The minimum atomic E-state index is -0.529. The number of pyridine rings is 1. The summed E-state index contributed by atoms with van der Waals surface area (Å²) in [6, 6.07) is 1.75. The molecule has 2 heterocycles. The fourth-order valence-corrected chi connectivity index (χ4v) is 2.08. The van der Waals surface area contributed by atoms with Crippen LogP contribution in [0.15, 0.2) is 18.5 Å². The van der Waals surface area contributed by atoms with Crippen LogP contribution in [0.2, 0.25) is 5.15 Å². The first-order valence-corrected chi connectivity index (χ1v) is 7.03. The van der Waals surface area contributed by atoms with Crippen molar-refractivity contribution in [3.05, 3.63) is 29.2 Å². The van der Waals surface area contributed by atoms with Crippen LogP contribution >= 0.6 is 11.6 Å². The first-order chi connectivity index (χ1) is 9.29. The number of hydrogen-bond donors (Lipinski definition) is 0. The largest absolute Gasteiger partial charge is 0.443 e. The molecular weight excluding hydrogens is 276 g/mol. The van der Waals surface area contributed by atoms with E-state index in [4.69, 9.17) is 16.3 Å². The lowest BCUT2D eigenvalue weighted by molar-refractivity contribution is 0.0544. The van der Waals surface area contributed by atoms with Crippen LogP contribution in [0.1, 0.15) is 40.2 Å². The molecule has 0 N–H and O–H groups in total. The maximum atomic E-state index is 12.1. The molecule has 0 radical (unpaired) electrons. The number of carbonyl (C=O) groups excluding carboxylic acids is 1. The molecule has 0 saturated heterocycles. The van der Waals surface area contributed by atoms with Gasteiger partial charge in [0, 0.05) is 17.8 Å². The van der Waals surface area contributed by atoms with E-state index >= 15 is 0 Å². The van der Waals surface area contributed by atoms with Crippen LogP contribution in [0.4, 0.5) is 4.79 Å². The second kappa shape index (κ2) is 6.27. The first kappa shape index (κ1) is 16.5. The lowest BCUT2D eigenvalue weighted by Crippen LogP contribution is -2.26. The summed E-state index contributed by atoms with van der Waals surface area (Å²) in [5.41, 5.74) is 1.08. The molecule has 0 atom stereocenters. The van der Waals surface area contributed by atoms with E-state index in [1.54, 1.807) is 18.5 Å². The highest BCUT2D eigenvalue weighted by atomic mass is 35.5. The third-order valence-corrected chi connectivity index (χ3v) is 2.74. The molecule has 0 aliphatic heterocycles. The molecule has 4 nitrogen and oxygen atoms in total. The Labute approximate surface area is 124 Å². The van der Waals surface area contributed by atoms with Crippen LogP contribution in [-0.4, -0.2) is 21.2 Å². The van der Waals surface area contributed by atoms with Gasteiger partial charge < -0.3 is 4.74 Å². The molecule has 0 aromatic carbocycles. The molecule has 0 bridgehead atoms. The highest BCUT2D eigenvalue weighted by molar-refractivity contribution is 6.34. The molecule has 2 rings (SSSR count). The van der Waals surface area contributed by atoms with E-state index in [1.807, 2.05) is 41.5 Å². The Morgan fingerprint density at radius 2 is 1.95 bits per heavy atom. The Bertz CT molecular complexity index is 612. The van der Waals surface area contributed by atoms with Crippen LogP contribution in [-0.2, 0) is 4.74 Å². The second-order valence-electron chi connectivity index (χ2n) is 5.16. The Morgan fingerprint density at radius 3 is 2.50 bits per heavy atom. The van der Waals surface area contributed by atoms with E-state index < -0.39 is 11.7 Å². The number of rotatable bonds is 0. The van der Waals surface area contributed by atoms with Crippen LogP contribution < -0.4 is 0 Å². The fourth-order valence-electron chi connectivity index (χ4n) is 1.78. The second-order valence-corrected chi connectivity index (χ2v) is 5.52. The summed E-state index contributed by atoms with van der Waals surface area (Å²) in [4.78, 5) is 16.1. The van der Waals surface area contributed by atoms with Crippen molar-refractivity contribution in [2.24, 2.45) is 0 Å². The molecule has 0 saturated carbocycles. The molecule has 0 amide bonds. The van der Waals surface area contributed by atoms with Crippen LogP contribution in [0, 0.1) is 6.92 Å². The molecule has 20 heavy (non-hydrogen) atoms. The zero-order valence-electron chi connectivity index (χ0n) is 12.8. The average molecular weight is 297 g/mol. The monoisotopic (exact) mass is 296 g/mol. The number of fused-ring (bicyclic) bond motifs is 1. The van der Waals surface area contributed by atoms with Crippen molar-refractivity contribution < 1.29 is 9.53 Å². The Hall–Kier alpha value is -1.55. The molecule has 5 heteroatoms. The van der Waals surface area contributed by atoms with Gasteiger partial charge in [-0.05, 0) is 39.3 Å². The standard InChI is InChI=1S/C13H15ClN2O2.C2H6/c1-8-7-16(12(17)18-13(2,3)4)9-5-6-15-11(14)10(8)9;1-2/h5-7H,1-4H3;1-2H3. The summed E-state index contributed by atoms with van der Waals surface area (Å²) < 4.78 is 6.81. The highest BCUT2D eigenvalue weighted by Gasteiger charge is 2.20. The summed E-state index contributed by atoms with van der Waals surface area (Å²) in [5, 5.41) is 1.18. The van der Waals surface area contributed by atoms with Gasteiger partial charge in [-0.1, -0.05) is 25.4 Å². The third-order valence-electron chi connectivity index (χ3n) is 2.45. The number of nitrogens with zero attached hydrogens (tertiary/aromatic N) is 2. The summed E-state index contributed by atoms with van der Waals surface area (Å²) in [7, 11) is 0. The number of carbonyl (C=O) groups is 1. The molecule has 0 aliphatic rings. The maximum absolute atomic E-state index is 12.1. The van der Waals surface area contributed by atoms with Gasteiger partial charge in [0.2, 0.25) is 0 Å². The van der Waals surface area contributed by atoms with Crippen LogP contribution in [0.25, 0.3) is 10.9 Å². The van der Waals surface area contributed by atoms with E-state index in [-0.39, 0.29) is 0 Å². The molecule has 2 aromatic heterocycles. The smallest absolute Gasteiger partial charge is 0.419 e. The van der Waals surface area contributed by atoms with Gasteiger partial charge in [-0.2, -0.15) is 0 Å². The van der Waals surface area contributed by atoms with Crippen LogP contribution in [0.3, 0.4) is 0 Å². The summed E-state index contributed by atoms with van der Waals surface area (Å²) in [6.07, 6.45) is 2.87. The predicted octanol–water partition coefficient (Wildman–Crippen LogP) is 4.81. The zero-order valence-corrected chi connectivity index (χ0v) is 13.6. The van der Waals surface area contributed by atoms with Crippen molar-refractivity contribution in [2.75, 3.05) is 0 Å². The Kier molecular flexibility index (Phi) is 5.17. The number of aromatic nitrogens is 2. The molecule has 0 unspecified atom stereocenters. The van der Waals surface area contributed by atoms with Gasteiger partial charge in [0.15, 0.2) is 0 Å². The van der Waals surface area contributed by atoms with Gasteiger partial charge in [0.25, 0.3) is 0 Å². The normalized spacial score (nSPS) is 10.9. The third kappa shape index (κ3) is 3.51. The van der Waals surface area contributed by atoms with Crippen molar-refractivity contribution in [2.45, 2.75) is 47.1 Å². The quantitative estimate of drug-likeness (QED) is 0.655. The van der Waals surface area contributed by atoms with Crippen molar-refractivity contribution in [3.63, 3.8) is 0 Å². The molecule has 0 fully saturated rings. The summed E-state index contributed by atoms with van der Waals surface area (Å²) >= 11 is 6.04. The van der Waals surface area contributed by atoms with E-state index in [2.05, 4.69) is 4.98 Å². The SMILES string of the molecule is CC.Cc1cn(C(=O)OC(C)(C)C)c2ccnc(Cl)c12. The van der Waals surface area contributed by atoms with Gasteiger partial charge in [-0.15, -0.1) is 0 Å². The van der Waals surface area contributed by atoms with Crippen molar-refractivity contribution in [3.8, 4) is 0 Å². The van der Waals surface area contributed by atoms with Gasteiger partial charge in [0.1, 0.15) is 10.8 Å².